The molecular formula is C19H29Cl2N3S. The zero-order valence-electron chi connectivity index (χ0n) is 15.2. The topological polar surface area (TPSA) is 42.2 Å². The van der Waals surface area contributed by atoms with Crippen LogP contribution in [0.2, 0.25) is 0 Å². The largest absolute Gasteiger partial charge is 0.330 e. The highest BCUT2D eigenvalue weighted by Crippen LogP contribution is 2.32. The zero-order valence-corrected chi connectivity index (χ0v) is 17.6. The van der Waals surface area contributed by atoms with Gasteiger partial charge in [0.25, 0.3) is 0 Å². The van der Waals surface area contributed by atoms with Crippen molar-refractivity contribution in [3.8, 4) is 10.6 Å². The summed E-state index contributed by atoms with van der Waals surface area (Å²) in [6.45, 7) is 10.8. The molecule has 0 bridgehead atoms. The minimum atomic E-state index is 0. The van der Waals surface area contributed by atoms with E-state index in [2.05, 4.69) is 54.9 Å². The van der Waals surface area contributed by atoms with Crippen LogP contribution in [0.3, 0.4) is 0 Å². The Kier molecular flexibility index (Phi) is 8.36. The van der Waals surface area contributed by atoms with Gasteiger partial charge in [-0.15, -0.1) is 36.2 Å². The molecule has 0 aliphatic carbocycles. The number of hydrogen-bond donors (Lipinski definition) is 1. The Labute approximate surface area is 167 Å². The highest BCUT2D eigenvalue weighted by molar-refractivity contribution is 7.15. The van der Waals surface area contributed by atoms with Crippen molar-refractivity contribution < 1.29 is 0 Å². The van der Waals surface area contributed by atoms with E-state index in [1.807, 2.05) is 17.5 Å². The van der Waals surface area contributed by atoms with Gasteiger partial charge in [-0.25, -0.2) is 4.98 Å². The Morgan fingerprint density at radius 2 is 1.92 bits per heavy atom. The van der Waals surface area contributed by atoms with Gasteiger partial charge in [0.15, 0.2) is 0 Å². The average Bonchev–Trinajstić information content (AvgIpc) is 3.15. The molecular weight excluding hydrogens is 373 g/mol. The standard InChI is InChI=1S/C19H27N3S.2ClH/c1-14(2)15-4-6-16(7-5-15)18-21-10-17(23-18)11-22-9-8-19(3,12-20)13-22;;/h4-7,10,14H,8-9,11-13,20H2,1-3H3;2*1H. The third kappa shape index (κ3) is 5.41. The molecule has 2 aromatic rings. The lowest BCUT2D eigenvalue weighted by molar-refractivity contribution is 0.276. The molecule has 1 saturated heterocycles. The summed E-state index contributed by atoms with van der Waals surface area (Å²) in [6, 6.07) is 8.82. The molecule has 2 N–H and O–H groups in total. The van der Waals surface area contributed by atoms with Crippen molar-refractivity contribution in [3.63, 3.8) is 0 Å². The molecule has 1 atom stereocenters. The van der Waals surface area contributed by atoms with E-state index < -0.39 is 0 Å². The maximum atomic E-state index is 5.90. The maximum Gasteiger partial charge on any atom is 0.123 e. The summed E-state index contributed by atoms with van der Waals surface area (Å²) in [4.78, 5) is 8.47. The lowest BCUT2D eigenvalue weighted by Gasteiger charge is -2.22. The van der Waals surface area contributed by atoms with Gasteiger partial charge in [-0.1, -0.05) is 45.0 Å². The van der Waals surface area contributed by atoms with Gasteiger partial charge >= 0.3 is 0 Å². The molecule has 3 rings (SSSR count). The SMILES string of the molecule is CC(C)c1ccc(-c2ncc(CN3CCC(C)(CN)C3)s2)cc1.Cl.Cl. The van der Waals surface area contributed by atoms with E-state index in [9.17, 15) is 0 Å². The molecule has 1 aromatic carbocycles. The second-order valence-corrected chi connectivity index (χ2v) is 8.50. The van der Waals surface area contributed by atoms with Gasteiger partial charge in [-0.05, 0) is 36.4 Å². The van der Waals surface area contributed by atoms with Crippen LogP contribution >= 0.6 is 36.2 Å². The third-order valence-corrected chi connectivity index (χ3v) is 5.92. The van der Waals surface area contributed by atoms with Crippen molar-refractivity contribution in [2.75, 3.05) is 19.6 Å². The Balaban J connectivity index is 0.00000156. The molecule has 1 aliphatic heterocycles. The number of hydrogen-bond acceptors (Lipinski definition) is 4. The van der Waals surface area contributed by atoms with Gasteiger partial charge in [0.2, 0.25) is 0 Å². The van der Waals surface area contributed by atoms with Crippen LogP contribution in [0.4, 0.5) is 0 Å². The Morgan fingerprint density at radius 1 is 1.24 bits per heavy atom. The average molecular weight is 402 g/mol. The molecule has 2 heterocycles. The summed E-state index contributed by atoms with van der Waals surface area (Å²) in [5.74, 6) is 0.572. The van der Waals surface area contributed by atoms with Crippen LogP contribution in [0.5, 0.6) is 0 Å². The fraction of sp³-hybridized carbons (Fsp3) is 0.526. The highest BCUT2D eigenvalue weighted by atomic mass is 35.5. The van der Waals surface area contributed by atoms with E-state index in [1.165, 1.54) is 22.4 Å². The third-order valence-electron chi connectivity index (χ3n) is 4.89. The molecule has 0 saturated carbocycles. The van der Waals surface area contributed by atoms with Crippen LogP contribution in [-0.2, 0) is 6.54 Å². The van der Waals surface area contributed by atoms with E-state index in [0.717, 1.165) is 31.2 Å². The quantitative estimate of drug-likeness (QED) is 0.770. The predicted octanol–water partition coefficient (Wildman–Crippen LogP) is 4.95. The fourth-order valence-electron chi connectivity index (χ4n) is 3.17. The highest BCUT2D eigenvalue weighted by Gasteiger charge is 2.32. The molecule has 140 valence electrons. The molecule has 0 amide bonds. The van der Waals surface area contributed by atoms with Crippen molar-refractivity contribution in [1.29, 1.82) is 0 Å². The first-order chi connectivity index (χ1) is 11.0. The maximum absolute atomic E-state index is 5.90. The van der Waals surface area contributed by atoms with Crippen molar-refractivity contribution in [2.45, 2.75) is 39.7 Å². The number of halogens is 2. The van der Waals surface area contributed by atoms with E-state index in [-0.39, 0.29) is 24.8 Å². The summed E-state index contributed by atoms with van der Waals surface area (Å²) < 4.78 is 0. The van der Waals surface area contributed by atoms with Gasteiger partial charge in [-0.3, -0.25) is 4.90 Å². The van der Waals surface area contributed by atoms with E-state index in [0.29, 0.717) is 11.3 Å². The van der Waals surface area contributed by atoms with E-state index in [4.69, 9.17) is 5.73 Å². The van der Waals surface area contributed by atoms with Crippen molar-refractivity contribution in [2.24, 2.45) is 11.1 Å². The first-order valence-electron chi connectivity index (χ1n) is 8.46. The van der Waals surface area contributed by atoms with E-state index >= 15 is 0 Å². The Hall–Kier alpha value is -0.650. The Bertz CT molecular complexity index is 657. The van der Waals surface area contributed by atoms with Gasteiger partial charge in [-0.2, -0.15) is 0 Å². The summed E-state index contributed by atoms with van der Waals surface area (Å²) >= 11 is 1.81. The van der Waals surface area contributed by atoms with Crippen molar-refractivity contribution in [3.05, 3.63) is 40.9 Å². The van der Waals surface area contributed by atoms with Crippen LogP contribution in [0.1, 0.15) is 43.6 Å². The molecule has 1 aromatic heterocycles. The van der Waals surface area contributed by atoms with Crippen molar-refractivity contribution >= 4 is 36.2 Å². The summed E-state index contributed by atoms with van der Waals surface area (Å²) in [7, 11) is 0. The molecule has 25 heavy (non-hydrogen) atoms. The summed E-state index contributed by atoms with van der Waals surface area (Å²) in [5, 5.41) is 1.12. The van der Waals surface area contributed by atoms with Gasteiger partial charge < -0.3 is 5.73 Å². The number of thiazole rings is 1. The Morgan fingerprint density at radius 3 is 2.48 bits per heavy atom. The normalized spacial score (nSPS) is 20.4. The molecule has 0 radical (unpaired) electrons. The molecule has 3 nitrogen and oxygen atoms in total. The fourth-order valence-corrected chi connectivity index (χ4v) is 4.13. The van der Waals surface area contributed by atoms with Crippen LogP contribution < -0.4 is 5.73 Å². The van der Waals surface area contributed by atoms with Crippen molar-refractivity contribution in [1.82, 2.24) is 9.88 Å². The van der Waals surface area contributed by atoms with Gasteiger partial charge in [0, 0.05) is 29.7 Å². The van der Waals surface area contributed by atoms with Crippen LogP contribution in [0, 0.1) is 5.41 Å². The van der Waals surface area contributed by atoms with Crippen LogP contribution in [0.25, 0.3) is 10.6 Å². The molecule has 0 spiro atoms. The molecule has 1 unspecified atom stereocenters. The van der Waals surface area contributed by atoms with Crippen LogP contribution in [-0.4, -0.2) is 29.5 Å². The second-order valence-electron chi connectivity index (χ2n) is 7.38. The molecule has 1 fully saturated rings. The summed E-state index contributed by atoms with van der Waals surface area (Å²) in [5.41, 5.74) is 8.79. The minimum absolute atomic E-state index is 0. The number of aromatic nitrogens is 1. The minimum Gasteiger partial charge on any atom is -0.330 e. The number of rotatable bonds is 5. The monoisotopic (exact) mass is 401 g/mol. The van der Waals surface area contributed by atoms with Gasteiger partial charge in [0.05, 0.1) is 0 Å². The smallest absolute Gasteiger partial charge is 0.123 e. The first-order valence-corrected chi connectivity index (χ1v) is 9.28. The van der Waals surface area contributed by atoms with Gasteiger partial charge in [0.1, 0.15) is 5.01 Å². The number of benzene rings is 1. The molecule has 1 aliphatic rings. The summed E-state index contributed by atoms with van der Waals surface area (Å²) in [6.07, 6.45) is 3.24. The van der Waals surface area contributed by atoms with Crippen LogP contribution in [0.15, 0.2) is 30.5 Å². The number of nitrogens with two attached hydrogens (primary N) is 1. The predicted molar refractivity (Wildman–Crippen MR) is 113 cm³/mol. The lowest BCUT2D eigenvalue weighted by atomic mass is 9.90. The van der Waals surface area contributed by atoms with E-state index in [1.54, 1.807) is 0 Å². The number of likely N-dealkylation sites (tertiary alicyclic amines) is 1. The first kappa shape index (κ1) is 22.4. The second kappa shape index (κ2) is 9.33. The molecule has 6 heteroatoms. The number of nitrogens with zero attached hydrogens (tertiary/aromatic N) is 2. The zero-order chi connectivity index (χ0) is 16.4. The lowest BCUT2D eigenvalue weighted by Crippen LogP contribution is -2.30.